The SMILES string of the molecule is CCOC(=O)N1CCN(c2ccc(C3=NNC(=O)CC3)cc2N)CC1. The highest BCUT2D eigenvalue weighted by atomic mass is 16.6. The van der Waals surface area contributed by atoms with Crippen LogP contribution in [-0.2, 0) is 9.53 Å². The van der Waals surface area contributed by atoms with Gasteiger partial charge in [-0.05, 0) is 24.6 Å². The maximum absolute atomic E-state index is 11.8. The largest absolute Gasteiger partial charge is 0.450 e. The Hall–Kier alpha value is -2.77. The minimum atomic E-state index is -0.261. The van der Waals surface area contributed by atoms with Crippen molar-refractivity contribution in [2.45, 2.75) is 19.8 Å². The Kier molecular flexibility index (Phi) is 5.06. The number of nitrogen functional groups attached to an aromatic ring is 1. The number of piperazine rings is 1. The van der Waals surface area contributed by atoms with Gasteiger partial charge in [-0.15, -0.1) is 0 Å². The lowest BCUT2D eigenvalue weighted by molar-refractivity contribution is -0.121. The van der Waals surface area contributed by atoms with Crippen molar-refractivity contribution in [2.75, 3.05) is 43.4 Å². The third kappa shape index (κ3) is 3.84. The highest BCUT2D eigenvalue weighted by molar-refractivity contribution is 6.05. The second-order valence-electron chi connectivity index (χ2n) is 6.04. The molecule has 0 unspecified atom stereocenters. The van der Waals surface area contributed by atoms with E-state index in [9.17, 15) is 9.59 Å². The van der Waals surface area contributed by atoms with Crippen molar-refractivity contribution in [1.29, 1.82) is 0 Å². The van der Waals surface area contributed by atoms with Crippen LogP contribution in [-0.4, -0.2) is 55.4 Å². The van der Waals surface area contributed by atoms with Crippen molar-refractivity contribution in [2.24, 2.45) is 5.10 Å². The molecule has 2 amide bonds. The topological polar surface area (TPSA) is 100 Å². The number of carbonyl (C=O) groups is 2. The molecule has 1 aromatic rings. The third-order valence-corrected chi connectivity index (χ3v) is 4.41. The molecule has 8 nitrogen and oxygen atoms in total. The first-order valence-electron chi connectivity index (χ1n) is 8.50. The van der Waals surface area contributed by atoms with Crippen molar-refractivity contribution in [3.63, 3.8) is 0 Å². The van der Waals surface area contributed by atoms with E-state index >= 15 is 0 Å². The van der Waals surface area contributed by atoms with Crippen molar-refractivity contribution in [1.82, 2.24) is 10.3 Å². The Bertz CT molecular complexity index is 696. The van der Waals surface area contributed by atoms with Gasteiger partial charge < -0.3 is 20.3 Å². The lowest BCUT2D eigenvalue weighted by Crippen LogP contribution is -2.49. The molecule has 2 aliphatic rings. The Labute approximate surface area is 146 Å². The van der Waals surface area contributed by atoms with Crippen LogP contribution in [0.1, 0.15) is 25.3 Å². The maximum Gasteiger partial charge on any atom is 0.409 e. The molecule has 0 atom stereocenters. The molecular formula is C17H23N5O3. The minimum Gasteiger partial charge on any atom is -0.450 e. The molecule has 1 fully saturated rings. The quantitative estimate of drug-likeness (QED) is 0.801. The van der Waals surface area contributed by atoms with Gasteiger partial charge >= 0.3 is 6.09 Å². The van der Waals surface area contributed by atoms with Gasteiger partial charge in [-0.2, -0.15) is 5.10 Å². The number of benzene rings is 1. The molecule has 3 rings (SSSR count). The fourth-order valence-electron chi connectivity index (χ4n) is 3.05. The first-order valence-corrected chi connectivity index (χ1v) is 8.50. The number of nitrogens with zero attached hydrogens (tertiary/aromatic N) is 3. The summed E-state index contributed by atoms with van der Waals surface area (Å²) in [6.07, 6.45) is 0.793. The molecule has 8 heteroatoms. The zero-order valence-electron chi connectivity index (χ0n) is 14.3. The van der Waals surface area contributed by atoms with E-state index in [4.69, 9.17) is 10.5 Å². The molecule has 1 saturated heterocycles. The second kappa shape index (κ2) is 7.42. The lowest BCUT2D eigenvalue weighted by atomic mass is 10.0. The average molecular weight is 345 g/mol. The molecule has 0 aromatic heterocycles. The molecule has 0 saturated carbocycles. The van der Waals surface area contributed by atoms with Gasteiger partial charge in [-0.25, -0.2) is 10.2 Å². The van der Waals surface area contributed by atoms with Gasteiger partial charge in [-0.3, -0.25) is 4.79 Å². The van der Waals surface area contributed by atoms with Crippen LogP contribution in [0.2, 0.25) is 0 Å². The zero-order chi connectivity index (χ0) is 17.8. The Balaban J connectivity index is 1.66. The number of carbonyl (C=O) groups excluding carboxylic acids is 2. The number of hydrogen-bond donors (Lipinski definition) is 2. The highest BCUT2D eigenvalue weighted by Crippen LogP contribution is 2.26. The van der Waals surface area contributed by atoms with Gasteiger partial charge in [0, 0.05) is 39.0 Å². The lowest BCUT2D eigenvalue weighted by Gasteiger charge is -2.36. The van der Waals surface area contributed by atoms with Crippen LogP contribution in [0.5, 0.6) is 0 Å². The van der Waals surface area contributed by atoms with Crippen LogP contribution in [0, 0.1) is 0 Å². The number of nitrogens with two attached hydrogens (primary N) is 1. The van der Waals surface area contributed by atoms with E-state index in [-0.39, 0.29) is 12.0 Å². The highest BCUT2D eigenvalue weighted by Gasteiger charge is 2.23. The van der Waals surface area contributed by atoms with E-state index in [1.807, 2.05) is 18.2 Å². The van der Waals surface area contributed by atoms with Crippen molar-refractivity contribution in [3.8, 4) is 0 Å². The predicted octanol–water partition coefficient (Wildman–Crippen LogP) is 1.16. The number of hydrazone groups is 1. The fourth-order valence-corrected chi connectivity index (χ4v) is 3.05. The van der Waals surface area contributed by atoms with Gasteiger partial charge in [0.1, 0.15) is 0 Å². The predicted molar refractivity (Wildman–Crippen MR) is 95.6 cm³/mol. The second-order valence-corrected chi connectivity index (χ2v) is 6.04. The van der Waals surface area contributed by atoms with E-state index in [1.54, 1.807) is 11.8 Å². The molecule has 0 bridgehead atoms. The first kappa shape index (κ1) is 17.1. The normalized spacial score (nSPS) is 17.8. The van der Waals surface area contributed by atoms with Crippen LogP contribution >= 0.6 is 0 Å². The molecule has 0 radical (unpaired) electrons. The summed E-state index contributed by atoms with van der Waals surface area (Å²) < 4.78 is 5.04. The van der Waals surface area contributed by atoms with Gasteiger partial charge in [0.2, 0.25) is 5.91 Å². The molecule has 3 N–H and O–H groups in total. The van der Waals surface area contributed by atoms with Gasteiger partial charge in [0.05, 0.1) is 23.7 Å². The summed E-state index contributed by atoms with van der Waals surface area (Å²) >= 11 is 0. The third-order valence-electron chi connectivity index (χ3n) is 4.41. The summed E-state index contributed by atoms with van der Waals surface area (Å²) in [6.45, 7) is 4.83. The number of hydrogen-bond acceptors (Lipinski definition) is 6. The summed E-state index contributed by atoms with van der Waals surface area (Å²) in [5, 5.41) is 4.10. The summed E-state index contributed by atoms with van der Waals surface area (Å²) in [5.41, 5.74) is 12.1. The van der Waals surface area contributed by atoms with Crippen molar-refractivity contribution < 1.29 is 14.3 Å². The molecule has 134 valence electrons. The molecule has 25 heavy (non-hydrogen) atoms. The summed E-state index contributed by atoms with van der Waals surface area (Å²) in [5.74, 6) is -0.0622. The first-order chi connectivity index (χ1) is 12.1. The van der Waals surface area contributed by atoms with Crippen LogP contribution < -0.4 is 16.1 Å². The van der Waals surface area contributed by atoms with Crippen LogP contribution in [0.3, 0.4) is 0 Å². The van der Waals surface area contributed by atoms with E-state index in [0.29, 0.717) is 51.3 Å². The van der Waals surface area contributed by atoms with Gasteiger partial charge in [0.25, 0.3) is 0 Å². The number of nitrogens with one attached hydrogen (secondary N) is 1. The minimum absolute atomic E-state index is 0.0622. The number of ether oxygens (including phenoxy) is 1. The summed E-state index contributed by atoms with van der Waals surface area (Å²) in [6, 6.07) is 5.84. The van der Waals surface area contributed by atoms with Crippen molar-refractivity contribution in [3.05, 3.63) is 23.8 Å². The molecular weight excluding hydrogens is 322 g/mol. The number of anilines is 2. The number of rotatable bonds is 3. The Morgan fingerprint density at radius 2 is 2.04 bits per heavy atom. The molecule has 1 aromatic carbocycles. The van der Waals surface area contributed by atoms with E-state index < -0.39 is 0 Å². The van der Waals surface area contributed by atoms with Crippen LogP contribution in [0.15, 0.2) is 23.3 Å². The number of amides is 2. The average Bonchev–Trinajstić information content (AvgIpc) is 2.63. The Morgan fingerprint density at radius 3 is 2.64 bits per heavy atom. The monoisotopic (exact) mass is 345 g/mol. The molecule has 0 aliphatic carbocycles. The fraction of sp³-hybridized carbons (Fsp3) is 0.471. The van der Waals surface area contributed by atoms with E-state index in [0.717, 1.165) is 17.0 Å². The molecule has 2 aliphatic heterocycles. The van der Waals surface area contributed by atoms with Gasteiger partial charge in [-0.1, -0.05) is 6.07 Å². The van der Waals surface area contributed by atoms with Crippen LogP contribution in [0.4, 0.5) is 16.2 Å². The van der Waals surface area contributed by atoms with E-state index in [1.165, 1.54) is 0 Å². The summed E-state index contributed by atoms with van der Waals surface area (Å²) in [7, 11) is 0. The maximum atomic E-state index is 11.8. The van der Waals surface area contributed by atoms with Gasteiger partial charge in [0.15, 0.2) is 0 Å². The molecule has 0 spiro atoms. The smallest absolute Gasteiger partial charge is 0.409 e. The summed E-state index contributed by atoms with van der Waals surface area (Å²) in [4.78, 5) is 26.8. The molecule has 2 heterocycles. The Morgan fingerprint density at radius 1 is 1.28 bits per heavy atom. The van der Waals surface area contributed by atoms with E-state index in [2.05, 4.69) is 15.4 Å². The standard InChI is InChI=1S/C17H23N5O3/c1-2-25-17(24)22-9-7-21(8-10-22)15-5-3-12(11-13(15)18)14-4-6-16(23)20-19-14/h3,5,11H,2,4,6-10,18H2,1H3,(H,20,23). The zero-order valence-corrected chi connectivity index (χ0v) is 14.3. The van der Waals surface area contributed by atoms with Crippen molar-refractivity contribution >= 4 is 29.1 Å². The van der Waals surface area contributed by atoms with Crippen LogP contribution in [0.25, 0.3) is 0 Å².